The zero-order valence-electron chi connectivity index (χ0n) is 25.2. The van der Waals surface area contributed by atoms with Gasteiger partial charge in [-0.15, -0.1) is 0 Å². The summed E-state index contributed by atoms with van der Waals surface area (Å²) >= 11 is 0. The molecule has 0 aliphatic heterocycles. The third kappa shape index (κ3) is 7.01. The van der Waals surface area contributed by atoms with E-state index in [0.717, 1.165) is 22.5 Å². The van der Waals surface area contributed by atoms with Crippen LogP contribution >= 0.6 is 0 Å². The monoisotopic (exact) mass is 605 g/mol. The molecule has 1 atom stereocenters. The van der Waals surface area contributed by atoms with Crippen LogP contribution in [0.5, 0.6) is 0 Å². The van der Waals surface area contributed by atoms with Crippen molar-refractivity contribution < 1.29 is 29.4 Å². The number of ketones is 3. The van der Waals surface area contributed by atoms with Crippen LogP contribution in [0.1, 0.15) is 62.2 Å². The summed E-state index contributed by atoms with van der Waals surface area (Å²) in [6, 6.07) is 23.7. The summed E-state index contributed by atoms with van der Waals surface area (Å²) in [4.78, 5) is 53.8. The van der Waals surface area contributed by atoms with Gasteiger partial charge in [0.1, 0.15) is 5.78 Å². The van der Waals surface area contributed by atoms with E-state index in [0.29, 0.717) is 29.9 Å². The number of aliphatic hydroxyl groups excluding tert-OH is 2. The van der Waals surface area contributed by atoms with Gasteiger partial charge in [0, 0.05) is 47.6 Å². The van der Waals surface area contributed by atoms with Gasteiger partial charge in [-0.05, 0) is 74.9 Å². The summed E-state index contributed by atoms with van der Waals surface area (Å²) in [5, 5.41) is 25.1. The second kappa shape index (κ2) is 13.7. The van der Waals surface area contributed by atoms with Crippen molar-refractivity contribution in [2.24, 2.45) is 0 Å². The predicted octanol–water partition coefficient (Wildman–Crippen LogP) is 5.62. The molecule has 0 saturated carbocycles. The van der Waals surface area contributed by atoms with Crippen LogP contribution in [0.15, 0.2) is 78.9 Å². The molecule has 0 saturated heterocycles. The molecule has 4 N–H and O–H groups in total. The van der Waals surface area contributed by atoms with Crippen LogP contribution in [0.2, 0.25) is 0 Å². The van der Waals surface area contributed by atoms with Crippen LogP contribution < -0.4 is 15.5 Å². The Morgan fingerprint density at radius 3 is 1.84 bits per heavy atom. The zero-order valence-corrected chi connectivity index (χ0v) is 25.2. The molecule has 0 bridgehead atoms. The van der Waals surface area contributed by atoms with Crippen molar-refractivity contribution in [3.05, 3.63) is 112 Å². The van der Waals surface area contributed by atoms with E-state index in [-0.39, 0.29) is 59.0 Å². The van der Waals surface area contributed by atoms with Gasteiger partial charge >= 0.3 is 0 Å². The van der Waals surface area contributed by atoms with Crippen LogP contribution in [0.3, 0.4) is 0 Å². The number of carbonyl (C=O) groups is 4. The molecule has 9 heteroatoms. The molecule has 0 fully saturated rings. The molecular formula is C36H35N3O6. The normalized spacial score (nSPS) is 12.6. The third-order valence-corrected chi connectivity index (χ3v) is 7.80. The van der Waals surface area contributed by atoms with Crippen molar-refractivity contribution in [2.75, 3.05) is 28.7 Å². The van der Waals surface area contributed by atoms with Gasteiger partial charge in [0.15, 0.2) is 11.6 Å². The van der Waals surface area contributed by atoms with Gasteiger partial charge in [-0.2, -0.15) is 0 Å². The number of fused-ring (bicyclic) bond motifs is 2. The number of Topliss-reactive ketones (excluding diaryl/α,β-unsaturated/α-hetero) is 1. The number of nitrogens with zero attached hydrogens (tertiary/aromatic N) is 1. The maximum Gasteiger partial charge on any atom is 0.214 e. The van der Waals surface area contributed by atoms with Gasteiger partial charge in [0.2, 0.25) is 6.41 Å². The number of nitrogens with one attached hydrogen (secondary N) is 2. The molecule has 0 radical (unpaired) electrons. The minimum Gasteiger partial charge on any atom is -0.394 e. The van der Waals surface area contributed by atoms with Crippen molar-refractivity contribution in [3.8, 4) is 0 Å². The summed E-state index contributed by atoms with van der Waals surface area (Å²) in [6.45, 7) is 3.66. The van der Waals surface area contributed by atoms with Gasteiger partial charge < -0.3 is 25.7 Å². The molecule has 0 aromatic heterocycles. The van der Waals surface area contributed by atoms with Crippen molar-refractivity contribution in [1.29, 1.82) is 0 Å². The zero-order chi connectivity index (χ0) is 32.1. The van der Waals surface area contributed by atoms with E-state index in [4.69, 9.17) is 5.11 Å². The molecule has 1 aliphatic rings. The van der Waals surface area contributed by atoms with Crippen LogP contribution in [-0.4, -0.2) is 53.2 Å². The quantitative estimate of drug-likeness (QED) is 0.127. The number of hydrogen-bond acceptors (Lipinski definition) is 8. The third-order valence-electron chi connectivity index (χ3n) is 7.80. The average molecular weight is 606 g/mol. The molecule has 5 rings (SSSR count). The first-order valence-corrected chi connectivity index (χ1v) is 14.8. The minimum atomic E-state index is -1.11. The summed E-state index contributed by atoms with van der Waals surface area (Å²) in [6.07, 6.45) is -0.217. The van der Waals surface area contributed by atoms with Gasteiger partial charge in [-0.3, -0.25) is 19.2 Å². The molecule has 45 heavy (non-hydrogen) atoms. The fourth-order valence-electron chi connectivity index (χ4n) is 5.35. The number of rotatable bonds is 13. The highest BCUT2D eigenvalue weighted by Gasteiger charge is 2.35. The number of anilines is 5. The number of benzene rings is 4. The Bertz CT molecular complexity index is 1750. The van der Waals surface area contributed by atoms with Crippen molar-refractivity contribution >= 4 is 52.2 Å². The maximum atomic E-state index is 14.3. The standard InChI is InChI=1S/C36H35N3O6/c1-22-5-9-24(10-6-22)37-31-15-16-32(38-25-11-7-23(2)8-12-25)34-33(31)35(44)29-14-13-26(18-30(29)36(34)45)39(21-41)17-3-4-27(42)19-28(43)20-40/h5-16,18,21,28,37-38,40,43H,3-4,17,19-20H2,1-2H3. The summed E-state index contributed by atoms with van der Waals surface area (Å²) in [5.74, 6) is -0.907. The highest BCUT2D eigenvalue weighted by Crippen LogP contribution is 2.39. The first-order valence-electron chi connectivity index (χ1n) is 14.8. The highest BCUT2D eigenvalue weighted by molar-refractivity contribution is 6.32. The number of aliphatic hydroxyl groups is 2. The van der Waals surface area contributed by atoms with E-state index >= 15 is 0 Å². The second-order valence-corrected chi connectivity index (χ2v) is 11.3. The Hall–Kier alpha value is -5.12. The van der Waals surface area contributed by atoms with Gasteiger partial charge in [0.25, 0.3) is 0 Å². The molecule has 0 heterocycles. The van der Waals surface area contributed by atoms with E-state index in [1.165, 1.54) is 4.90 Å². The summed E-state index contributed by atoms with van der Waals surface area (Å²) < 4.78 is 0. The Balaban J connectivity index is 1.49. The molecular weight excluding hydrogens is 570 g/mol. The predicted molar refractivity (Wildman–Crippen MR) is 174 cm³/mol. The maximum absolute atomic E-state index is 14.3. The smallest absolute Gasteiger partial charge is 0.214 e. The molecule has 1 aliphatic carbocycles. The van der Waals surface area contributed by atoms with Gasteiger partial charge in [-0.1, -0.05) is 35.4 Å². The molecule has 4 aromatic carbocycles. The first kappa shape index (κ1) is 31.3. The van der Waals surface area contributed by atoms with E-state index in [1.54, 1.807) is 30.3 Å². The van der Waals surface area contributed by atoms with E-state index in [1.807, 2.05) is 62.4 Å². The van der Waals surface area contributed by atoms with Gasteiger partial charge in [0.05, 0.1) is 35.2 Å². The van der Waals surface area contributed by atoms with E-state index in [9.17, 15) is 24.3 Å². The fourth-order valence-corrected chi connectivity index (χ4v) is 5.35. The Morgan fingerprint density at radius 2 is 1.33 bits per heavy atom. The molecule has 1 unspecified atom stereocenters. The van der Waals surface area contributed by atoms with E-state index < -0.39 is 12.7 Å². The Labute approximate surface area is 261 Å². The Morgan fingerprint density at radius 1 is 0.800 bits per heavy atom. The fraction of sp³-hybridized carbons (Fsp3) is 0.222. The van der Waals surface area contributed by atoms with Gasteiger partial charge in [-0.25, -0.2) is 0 Å². The molecule has 4 aromatic rings. The second-order valence-electron chi connectivity index (χ2n) is 11.3. The number of amides is 1. The number of carbonyl (C=O) groups excluding carboxylic acids is 4. The lowest BCUT2D eigenvalue weighted by Gasteiger charge is -2.25. The lowest BCUT2D eigenvalue weighted by molar-refractivity contribution is -0.121. The molecule has 230 valence electrons. The lowest BCUT2D eigenvalue weighted by atomic mass is 9.81. The van der Waals surface area contributed by atoms with Crippen molar-refractivity contribution in [2.45, 2.75) is 39.2 Å². The van der Waals surface area contributed by atoms with Crippen LogP contribution in [0, 0.1) is 13.8 Å². The topological polar surface area (TPSA) is 136 Å². The SMILES string of the molecule is Cc1ccc(Nc2ccc(Nc3ccc(C)cc3)c3c2C(=O)c2ccc(N(C=O)CCCC(=O)CC(O)CO)cc2C3=O)cc1. The molecule has 1 amide bonds. The van der Waals surface area contributed by atoms with E-state index in [2.05, 4.69) is 10.6 Å². The van der Waals surface area contributed by atoms with Crippen LogP contribution in [-0.2, 0) is 9.59 Å². The summed E-state index contributed by atoms with van der Waals surface area (Å²) in [5.41, 5.74) is 6.00. The molecule has 0 spiro atoms. The minimum absolute atomic E-state index is 0.113. The number of hydrogen-bond donors (Lipinski definition) is 4. The van der Waals surface area contributed by atoms with Crippen molar-refractivity contribution in [1.82, 2.24) is 0 Å². The van der Waals surface area contributed by atoms with Crippen molar-refractivity contribution in [3.63, 3.8) is 0 Å². The molecule has 9 nitrogen and oxygen atoms in total. The van der Waals surface area contributed by atoms with Crippen LogP contribution in [0.25, 0.3) is 0 Å². The summed E-state index contributed by atoms with van der Waals surface area (Å²) in [7, 11) is 0. The first-order chi connectivity index (χ1) is 21.7. The Kier molecular flexibility index (Phi) is 9.51. The average Bonchev–Trinajstić information content (AvgIpc) is 3.04. The number of aryl methyl sites for hydroxylation is 2. The largest absolute Gasteiger partial charge is 0.394 e. The lowest BCUT2D eigenvalue weighted by Crippen LogP contribution is -2.26. The van der Waals surface area contributed by atoms with Crippen LogP contribution in [0.4, 0.5) is 28.4 Å². The highest BCUT2D eigenvalue weighted by atomic mass is 16.3.